The fraction of sp³-hybridized carbons (Fsp3) is 0.562. The molecule has 0 aromatic heterocycles. The van der Waals surface area contributed by atoms with Crippen LogP contribution in [0.2, 0.25) is 0 Å². The van der Waals surface area contributed by atoms with Crippen molar-refractivity contribution in [1.29, 1.82) is 0 Å². The van der Waals surface area contributed by atoms with Crippen molar-refractivity contribution in [2.24, 2.45) is 5.73 Å². The summed E-state index contributed by atoms with van der Waals surface area (Å²) in [6.45, 7) is 2.79. The first-order chi connectivity index (χ1) is 9.66. The molecule has 0 saturated carbocycles. The molecule has 3 unspecified atom stereocenters. The number of fused-ring (bicyclic) bond motifs is 1. The minimum Gasteiger partial charge on any atom is -0.480 e. The van der Waals surface area contributed by atoms with Crippen LogP contribution in [0.3, 0.4) is 0 Å². The highest BCUT2D eigenvalue weighted by atomic mass is 35.5. The van der Waals surface area contributed by atoms with Gasteiger partial charge < -0.3 is 15.4 Å². The number of halogens is 1. The van der Waals surface area contributed by atoms with Crippen LogP contribution >= 0.6 is 12.4 Å². The van der Waals surface area contributed by atoms with Crippen molar-refractivity contribution in [1.82, 2.24) is 4.90 Å². The third kappa shape index (κ3) is 3.16. The normalized spacial score (nSPS) is 25.5. The lowest BCUT2D eigenvalue weighted by Gasteiger charge is -2.39. The summed E-state index contributed by atoms with van der Waals surface area (Å²) < 4.78 is 5.82. The minimum absolute atomic E-state index is 0. The predicted molar refractivity (Wildman–Crippen MR) is 84.8 cm³/mol. The Hall–Kier alpha value is -1.26. The van der Waals surface area contributed by atoms with Gasteiger partial charge in [-0.15, -0.1) is 12.4 Å². The number of ether oxygens (including phenoxy) is 1. The monoisotopic (exact) mass is 310 g/mol. The van der Waals surface area contributed by atoms with Crippen LogP contribution in [-0.4, -0.2) is 35.5 Å². The zero-order valence-corrected chi connectivity index (χ0v) is 13.1. The van der Waals surface area contributed by atoms with Crippen LogP contribution in [0.15, 0.2) is 24.3 Å². The van der Waals surface area contributed by atoms with Crippen LogP contribution in [0.4, 0.5) is 0 Å². The van der Waals surface area contributed by atoms with Gasteiger partial charge in [0.25, 0.3) is 5.91 Å². The highest BCUT2D eigenvalue weighted by molar-refractivity contribution is 5.85. The van der Waals surface area contributed by atoms with Gasteiger partial charge in [-0.3, -0.25) is 4.79 Å². The van der Waals surface area contributed by atoms with Gasteiger partial charge in [-0.25, -0.2) is 0 Å². The van der Waals surface area contributed by atoms with Gasteiger partial charge in [-0.05, 0) is 37.8 Å². The van der Waals surface area contributed by atoms with Crippen LogP contribution in [0.1, 0.15) is 31.7 Å². The van der Waals surface area contributed by atoms with E-state index in [9.17, 15) is 4.79 Å². The fourth-order valence-corrected chi connectivity index (χ4v) is 3.28. The Balaban J connectivity index is 0.00000161. The number of rotatable bonds is 2. The second-order valence-corrected chi connectivity index (χ2v) is 5.87. The molecule has 1 aromatic carbocycles. The molecule has 1 amide bonds. The van der Waals surface area contributed by atoms with Gasteiger partial charge in [0.05, 0.1) is 0 Å². The Morgan fingerprint density at radius 1 is 1.38 bits per heavy atom. The smallest absolute Gasteiger partial charge is 0.264 e. The molecular formula is C16H23ClN2O2. The van der Waals surface area contributed by atoms with Gasteiger partial charge in [0.2, 0.25) is 0 Å². The van der Waals surface area contributed by atoms with Gasteiger partial charge in [-0.2, -0.15) is 0 Å². The number of benzene rings is 1. The Kier molecular flexibility index (Phi) is 5.12. The molecule has 21 heavy (non-hydrogen) atoms. The van der Waals surface area contributed by atoms with E-state index in [1.807, 2.05) is 36.1 Å². The van der Waals surface area contributed by atoms with E-state index in [0.717, 1.165) is 37.1 Å². The highest BCUT2D eigenvalue weighted by Crippen LogP contribution is 2.30. The lowest BCUT2D eigenvalue weighted by atomic mass is 9.96. The van der Waals surface area contributed by atoms with Gasteiger partial charge in [-0.1, -0.05) is 18.2 Å². The summed E-state index contributed by atoms with van der Waals surface area (Å²) in [6.07, 6.45) is 3.53. The summed E-state index contributed by atoms with van der Waals surface area (Å²) in [6, 6.07) is 8.06. The summed E-state index contributed by atoms with van der Waals surface area (Å²) in [5.74, 6) is 0.948. The van der Waals surface area contributed by atoms with Crippen molar-refractivity contribution in [3.8, 4) is 5.75 Å². The molecule has 0 spiro atoms. The predicted octanol–water partition coefficient (Wildman–Crippen LogP) is 2.14. The second kappa shape index (κ2) is 6.67. The number of hydrogen-bond acceptors (Lipinski definition) is 3. The molecule has 2 aliphatic heterocycles. The van der Waals surface area contributed by atoms with E-state index in [0.29, 0.717) is 6.42 Å². The Morgan fingerprint density at radius 2 is 2.14 bits per heavy atom. The van der Waals surface area contributed by atoms with Crippen LogP contribution in [0.5, 0.6) is 5.75 Å². The highest BCUT2D eigenvalue weighted by Gasteiger charge is 2.37. The number of para-hydroxylation sites is 1. The summed E-state index contributed by atoms with van der Waals surface area (Å²) in [4.78, 5) is 14.7. The number of piperidine rings is 1. The van der Waals surface area contributed by atoms with Gasteiger partial charge in [0, 0.05) is 25.0 Å². The van der Waals surface area contributed by atoms with Crippen LogP contribution < -0.4 is 10.5 Å². The van der Waals surface area contributed by atoms with Gasteiger partial charge in [0.15, 0.2) is 6.10 Å². The van der Waals surface area contributed by atoms with E-state index in [-0.39, 0.29) is 36.5 Å². The Morgan fingerprint density at radius 3 is 2.86 bits per heavy atom. The summed E-state index contributed by atoms with van der Waals surface area (Å²) in [5.41, 5.74) is 7.17. The number of carbonyl (C=O) groups excluding carboxylic acids is 1. The van der Waals surface area contributed by atoms with E-state index in [1.165, 1.54) is 0 Å². The zero-order chi connectivity index (χ0) is 14.1. The zero-order valence-electron chi connectivity index (χ0n) is 12.3. The van der Waals surface area contributed by atoms with Crippen molar-refractivity contribution in [3.05, 3.63) is 29.8 Å². The van der Waals surface area contributed by atoms with Crippen LogP contribution in [0.25, 0.3) is 0 Å². The number of carbonyl (C=O) groups is 1. The SMILES string of the molecule is CC(N)C1CCCCN1C(=O)C1Cc2ccccc2O1.Cl. The summed E-state index contributed by atoms with van der Waals surface area (Å²) in [7, 11) is 0. The van der Waals surface area contributed by atoms with E-state index >= 15 is 0 Å². The topological polar surface area (TPSA) is 55.6 Å². The van der Waals surface area contributed by atoms with Crippen LogP contribution in [-0.2, 0) is 11.2 Å². The molecule has 0 radical (unpaired) electrons. The maximum absolute atomic E-state index is 12.7. The molecule has 5 heteroatoms. The third-order valence-electron chi connectivity index (χ3n) is 4.36. The van der Waals surface area contributed by atoms with Crippen molar-refractivity contribution >= 4 is 18.3 Å². The molecule has 0 bridgehead atoms. The number of nitrogens with two attached hydrogens (primary N) is 1. The molecular weight excluding hydrogens is 288 g/mol. The maximum atomic E-state index is 12.7. The van der Waals surface area contributed by atoms with Crippen molar-refractivity contribution in [3.63, 3.8) is 0 Å². The van der Waals surface area contributed by atoms with E-state index < -0.39 is 0 Å². The summed E-state index contributed by atoms with van der Waals surface area (Å²) in [5, 5.41) is 0. The van der Waals surface area contributed by atoms with Crippen molar-refractivity contribution in [2.75, 3.05) is 6.54 Å². The summed E-state index contributed by atoms with van der Waals surface area (Å²) >= 11 is 0. The second-order valence-electron chi connectivity index (χ2n) is 5.87. The van der Waals surface area contributed by atoms with E-state index in [2.05, 4.69) is 0 Å². The first-order valence-electron chi connectivity index (χ1n) is 7.47. The average molecular weight is 311 g/mol. The maximum Gasteiger partial charge on any atom is 0.264 e. The van der Waals surface area contributed by atoms with E-state index in [4.69, 9.17) is 10.5 Å². The molecule has 4 nitrogen and oxygen atoms in total. The molecule has 2 heterocycles. The Labute approximate surface area is 132 Å². The Bertz CT molecular complexity index is 482. The number of amides is 1. The quantitative estimate of drug-likeness (QED) is 0.910. The largest absolute Gasteiger partial charge is 0.480 e. The minimum atomic E-state index is -0.369. The van der Waals surface area contributed by atoms with Gasteiger partial charge in [0.1, 0.15) is 5.75 Å². The lowest BCUT2D eigenvalue weighted by molar-refractivity contribution is -0.142. The number of hydrogen-bond donors (Lipinski definition) is 1. The molecule has 2 N–H and O–H groups in total. The molecule has 2 aliphatic rings. The lowest BCUT2D eigenvalue weighted by Crippen LogP contribution is -2.55. The molecule has 116 valence electrons. The first-order valence-corrected chi connectivity index (χ1v) is 7.47. The molecule has 1 saturated heterocycles. The fourth-order valence-electron chi connectivity index (χ4n) is 3.28. The standard InChI is InChI=1S/C16H22N2O2.ClH/c1-11(17)13-7-4-5-9-18(13)16(19)15-10-12-6-2-3-8-14(12)20-15;/h2-3,6,8,11,13,15H,4-5,7,9-10,17H2,1H3;1H. The molecule has 1 aromatic rings. The first kappa shape index (κ1) is 16.1. The number of likely N-dealkylation sites (tertiary alicyclic amines) is 1. The van der Waals surface area contributed by atoms with Gasteiger partial charge >= 0.3 is 0 Å². The third-order valence-corrected chi connectivity index (χ3v) is 4.36. The molecule has 3 rings (SSSR count). The average Bonchev–Trinajstić information content (AvgIpc) is 2.90. The van der Waals surface area contributed by atoms with Crippen LogP contribution in [0, 0.1) is 0 Å². The molecule has 1 fully saturated rings. The van der Waals surface area contributed by atoms with Crippen molar-refractivity contribution < 1.29 is 9.53 Å². The molecule has 3 atom stereocenters. The van der Waals surface area contributed by atoms with E-state index in [1.54, 1.807) is 0 Å². The number of nitrogens with zero attached hydrogens (tertiary/aromatic N) is 1. The van der Waals surface area contributed by atoms with Crippen molar-refractivity contribution in [2.45, 2.75) is 50.8 Å². The molecule has 0 aliphatic carbocycles.